The number of piperidine rings is 2. The molecule has 236 valence electrons. The lowest BCUT2D eigenvalue weighted by molar-refractivity contribution is -0.713. The van der Waals surface area contributed by atoms with Crippen LogP contribution in [0.4, 0.5) is 0 Å². The summed E-state index contributed by atoms with van der Waals surface area (Å²) in [5.74, 6) is 1.70. The zero-order chi connectivity index (χ0) is 29.0. The van der Waals surface area contributed by atoms with E-state index in [0.717, 1.165) is 77.7 Å². The summed E-state index contributed by atoms with van der Waals surface area (Å²) in [6, 6.07) is 1.65. The second-order valence-electron chi connectivity index (χ2n) is 14.3. The first kappa shape index (κ1) is 29.7. The van der Waals surface area contributed by atoms with E-state index in [2.05, 4.69) is 15.1 Å². The van der Waals surface area contributed by atoms with Crippen LogP contribution in [0.15, 0.2) is 0 Å². The quantitative estimate of drug-likeness (QED) is 0.460. The standard InChI is InChI=1S/C32H51ClN4O5/c1-40-26-9-7-23-28(31(26)41-2)32(39)37-25-8-6-21(17-24(25)22-10-11-34-29(23)30(22)37)42-18-27(38)36-14-12-35(13-15-36)20-5-3-4-19(33)16-20/h19-26,28-31,34H,3-18H2,1-2H3/p+1. The molecule has 9 nitrogen and oxygen atoms in total. The summed E-state index contributed by atoms with van der Waals surface area (Å²) in [6.07, 6.45) is 10.6. The number of hydrogen-bond acceptors (Lipinski definition) is 6. The van der Waals surface area contributed by atoms with Crippen LogP contribution in [0.1, 0.15) is 64.2 Å². The van der Waals surface area contributed by atoms with Crippen LogP contribution >= 0.6 is 11.6 Å². The number of alkyl halides is 1. The Hall–Kier alpha value is -0.970. The van der Waals surface area contributed by atoms with Gasteiger partial charge in [0, 0.05) is 70.2 Å². The lowest BCUT2D eigenvalue weighted by Crippen LogP contribution is -2.99. The summed E-state index contributed by atoms with van der Waals surface area (Å²) in [4.78, 5) is 34.3. The third-order valence-corrected chi connectivity index (χ3v) is 13.0. The van der Waals surface area contributed by atoms with Gasteiger partial charge in [-0.15, -0.1) is 11.6 Å². The van der Waals surface area contributed by atoms with E-state index in [1.807, 2.05) is 4.90 Å². The van der Waals surface area contributed by atoms with Crippen molar-refractivity contribution in [2.75, 3.05) is 53.6 Å². The minimum absolute atomic E-state index is 0.00977. The highest BCUT2D eigenvalue weighted by Crippen LogP contribution is 2.53. The smallest absolute Gasteiger partial charge is 0.248 e. The monoisotopic (exact) mass is 607 g/mol. The number of hydrogen-bond donors (Lipinski definition) is 1. The fraction of sp³-hybridized carbons (Fsp3) is 0.938. The number of carbonyl (C=O) groups excluding carboxylic acids is 2. The van der Waals surface area contributed by atoms with Crippen molar-refractivity contribution in [2.45, 2.75) is 112 Å². The van der Waals surface area contributed by atoms with Gasteiger partial charge < -0.3 is 29.3 Å². The van der Waals surface area contributed by atoms with E-state index in [-0.39, 0.29) is 36.7 Å². The molecular formula is C32H52ClN4O5+. The van der Waals surface area contributed by atoms with E-state index in [4.69, 9.17) is 25.8 Å². The van der Waals surface area contributed by atoms with Crippen molar-refractivity contribution in [1.82, 2.24) is 14.7 Å². The lowest BCUT2D eigenvalue weighted by atomic mass is 9.64. The van der Waals surface area contributed by atoms with E-state index >= 15 is 0 Å². The first-order valence-electron chi connectivity index (χ1n) is 17.0. The number of quaternary nitrogens is 1. The van der Waals surface area contributed by atoms with Crippen molar-refractivity contribution in [1.29, 1.82) is 0 Å². The Morgan fingerprint density at radius 1 is 0.929 bits per heavy atom. The number of halogens is 1. The Balaban J connectivity index is 0.959. The lowest BCUT2D eigenvalue weighted by Gasteiger charge is -2.53. The Morgan fingerprint density at radius 2 is 1.76 bits per heavy atom. The van der Waals surface area contributed by atoms with Gasteiger partial charge in [0.15, 0.2) is 0 Å². The van der Waals surface area contributed by atoms with E-state index < -0.39 is 0 Å². The average Bonchev–Trinajstić information content (AvgIpc) is 3.36. The largest absolute Gasteiger partial charge is 0.379 e. The van der Waals surface area contributed by atoms with Crippen LogP contribution in [0, 0.1) is 23.7 Å². The zero-order valence-corrected chi connectivity index (χ0v) is 26.3. The van der Waals surface area contributed by atoms with Crippen LogP contribution in [0.5, 0.6) is 0 Å². The number of nitrogens with zero attached hydrogens (tertiary/aromatic N) is 3. The third-order valence-electron chi connectivity index (χ3n) is 12.6. The highest BCUT2D eigenvalue weighted by molar-refractivity contribution is 6.20. The second kappa shape index (κ2) is 12.4. The van der Waals surface area contributed by atoms with Crippen molar-refractivity contribution in [3.05, 3.63) is 0 Å². The highest BCUT2D eigenvalue weighted by atomic mass is 35.5. The molecule has 42 heavy (non-hydrogen) atoms. The number of amides is 2. The molecule has 0 aromatic carbocycles. The molecule has 7 fully saturated rings. The number of nitrogens with two attached hydrogens (primary N) is 1. The van der Waals surface area contributed by atoms with Crippen molar-refractivity contribution >= 4 is 23.4 Å². The molecule has 2 N–H and O–H groups in total. The van der Waals surface area contributed by atoms with Crippen molar-refractivity contribution in [2.24, 2.45) is 23.7 Å². The van der Waals surface area contributed by atoms with Gasteiger partial charge in [-0.05, 0) is 63.2 Å². The summed E-state index contributed by atoms with van der Waals surface area (Å²) in [6.45, 7) is 4.77. The zero-order valence-electron chi connectivity index (χ0n) is 25.6. The van der Waals surface area contributed by atoms with Gasteiger partial charge in [0.2, 0.25) is 11.8 Å². The molecule has 0 bridgehead atoms. The molecule has 4 saturated heterocycles. The van der Waals surface area contributed by atoms with Crippen LogP contribution in [0.25, 0.3) is 0 Å². The topological polar surface area (TPSA) is 88.2 Å². The highest BCUT2D eigenvalue weighted by Gasteiger charge is 2.66. The van der Waals surface area contributed by atoms with Gasteiger partial charge in [-0.1, -0.05) is 6.42 Å². The molecule has 7 rings (SSSR count). The minimum Gasteiger partial charge on any atom is -0.379 e. The number of fused-ring (bicyclic) bond motifs is 5. The molecule has 10 heteroatoms. The summed E-state index contributed by atoms with van der Waals surface area (Å²) < 4.78 is 18.1. The average molecular weight is 608 g/mol. The maximum atomic E-state index is 14.3. The van der Waals surface area contributed by atoms with E-state index in [1.165, 1.54) is 19.3 Å². The molecule has 0 radical (unpaired) electrons. The molecule has 7 aliphatic rings. The minimum atomic E-state index is -0.164. The van der Waals surface area contributed by atoms with Crippen molar-refractivity contribution in [3.63, 3.8) is 0 Å². The van der Waals surface area contributed by atoms with Gasteiger partial charge in [-0.25, -0.2) is 0 Å². The van der Waals surface area contributed by atoms with Gasteiger partial charge in [-0.3, -0.25) is 14.5 Å². The first-order valence-corrected chi connectivity index (χ1v) is 17.4. The second-order valence-corrected chi connectivity index (χ2v) is 15.0. The number of carbonyl (C=O) groups is 2. The number of methoxy groups -OCH3 is 2. The van der Waals surface area contributed by atoms with Crippen LogP contribution in [-0.4, -0.2) is 128 Å². The van der Waals surface area contributed by atoms with Gasteiger partial charge in [0.25, 0.3) is 0 Å². The molecule has 4 heterocycles. The number of ether oxygens (including phenoxy) is 3. The molecule has 3 aliphatic carbocycles. The molecule has 2 amide bonds. The van der Waals surface area contributed by atoms with Crippen LogP contribution < -0.4 is 5.32 Å². The summed E-state index contributed by atoms with van der Waals surface area (Å²) >= 11 is 6.44. The predicted molar refractivity (Wildman–Crippen MR) is 158 cm³/mol. The summed E-state index contributed by atoms with van der Waals surface area (Å²) in [7, 11) is 3.50. The molecule has 0 aromatic rings. The molecule has 0 aromatic heterocycles. The fourth-order valence-corrected chi connectivity index (χ4v) is 11.1. The van der Waals surface area contributed by atoms with Crippen LogP contribution in [0.2, 0.25) is 0 Å². The predicted octanol–water partition coefficient (Wildman–Crippen LogP) is 1.47. The van der Waals surface area contributed by atoms with Gasteiger partial charge in [0.05, 0.1) is 36.8 Å². The van der Waals surface area contributed by atoms with E-state index in [0.29, 0.717) is 53.2 Å². The maximum Gasteiger partial charge on any atom is 0.248 e. The molecule has 3 saturated carbocycles. The van der Waals surface area contributed by atoms with E-state index in [1.54, 1.807) is 14.2 Å². The van der Waals surface area contributed by atoms with Gasteiger partial charge in [-0.2, -0.15) is 0 Å². The van der Waals surface area contributed by atoms with Crippen molar-refractivity contribution in [3.8, 4) is 0 Å². The third kappa shape index (κ3) is 5.22. The van der Waals surface area contributed by atoms with Crippen LogP contribution in [-0.2, 0) is 23.8 Å². The number of rotatable bonds is 6. The Bertz CT molecular complexity index is 996. The van der Waals surface area contributed by atoms with Crippen molar-refractivity contribution < 1.29 is 29.1 Å². The fourth-order valence-electron chi connectivity index (χ4n) is 10.7. The molecule has 12 atom stereocenters. The number of piperazine rings is 1. The Kier molecular flexibility index (Phi) is 8.80. The summed E-state index contributed by atoms with van der Waals surface area (Å²) in [5.41, 5.74) is 0. The molecule has 12 unspecified atom stereocenters. The van der Waals surface area contributed by atoms with Gasteiger partial charge >= 0.3 is 0 Å². The van der Waals surface area contributed by atoms with Crippen LogP contribution in [0.3, 0.4) is 0 Å². The molecular weight excluding hydrogens is 556 g/mol. The normalized spacial score (nSPS) is 45.7. The Morgan fingerprint density at radius 3 is 2.52 bits per heavy atom. The first-order chi connectivity index (χ1) is 20.5. The Labute approximate surface area is 256 Å². The maximum absolute atomic E-state index is 14.3. The van der Waals surface area contributed by atoms with Gasteiger partial charge in [0.1, 0.15) is 12.6 Å². The molecule has 4 aliphatic heterocycles. The SMILES string of the molecule is COC1CCC2C3[NH2+]CCC4C5CC(OCC(=O)N6CCN(C7CCCC(Cl)C7)CC6)CCC5N(C(=O)C2C1OC)C43. The summed E-state index contributed by atoms with van der Waals surface area (Å²) in [5, 5.41) is 2.85. The molecule has 0 spiro atoms. The van der Waals surface area contributed by atoms with E-state index in [9.17, 15) is 9.59 Å².